The Morgan fingerprint density at radius 2 is 1.44 bits per heavy atom. The van der Waals surface area contributed by atoms with E-state index in [0.717, 1.165) is 65.4 Å². The molecular weight excluding hydrogens is 596 g/mol. The van der Waals surface area contributed by atoms with E-state index in [-0.39, 0.29) is 11.9 Å². The Kier molecular flexibility index (Phi) is 10.1. The first-order chi connectivity index (χ1) is 23.4. The van der Waals surface area contributed by atoms with Gasteiger partial charge in [-0.25, -0.2) is 0 Å². The smallest absolute Gasteiger partial charge is 0.251 e. The number of methoxy groups -OCH3 is 3. The molecule has 1 amide bonds. The van der Waals surface area contributed by atoms with Crippen molar-refractivity contribution in [3.63, 3.8) is 0 Å². The van der Waals surface area contributed by atoms with Crippen LogP contribution in [0, 0.1) is 13.8 Å². The van der Waals surface area contributed by atoms with Crippen molar-refractivity contribution in [3.05, 3.63) is 159 Å². The highest BCUT2D eigenvalue weighted by Gasteiger charge is 2.30. The summed E-state index contributed by atoms with van der Waals surface area (Å²) >= 11 is 0. The van der Waals surface area contributed by atoms with Crippen LogP contribution in [0.5, 0.6) is 17.2 Å². The predicted molar refractivity (Wildman–Crippen MR) is 191 cm³/mol. The molecule has 0 aliphatic carbocycles. The molecule has 0 saturated heterocycles. The third-order valence-corrected chi connectivity index (χ3v) is 9.52. The number of fused-ring (bicyclic) bond motifs is 1. The first kappa shape index (κ1) is 32.9. The number of benzene rings is 5. The van der Waals surface area contributed by atoms with Crippen LogP contribution in [-0.4, -0.2) is 38.7 Å². The van der Waals surface area contributed by atoms with Gasteiger partial charge in [-0.3, -0.25) is 9.69 Å². The first-order valence-corrected chi connectivity index (χ1v) is 16.5. The number of carbonyl (C=O) groups is 1. The lowest BCUT2D eigenvalue weighted by Crippen LogP contribution is -2.35. The normalized spacial score (nSPS) is 14.2. The van der Waals surface area contributed by atoms with Crippen LogP contribution in [0.1, 0.15) is 66.5 Å². The average Bonchev–Trinajstić information content (AvgIpc) is 3.12. The summed E-state index contributed by atoms with van der Waals surface area (Å²) in [7, 11) is 5.10. The van der Waals surface area contributed by atoms with E-state index < -0.39 is 0 Å². The van der Waals surface area contributed by atoms with Crippen molar-refractivity contribution in [1.82, 2.24) is 10.2 Å². The number of hydrogen-bond acceptors (Lipinski definition) is 5. The van der Waals surface area contributed by atoms with Crippen LogP contribution in [0.4, 0.5) is 0 Å². The van der Waals surface area contributed by atoms with E-state index in [1.165, 1.54) is 27.8 Å². The topological polar surface area (TPSA) is 60.0 Å². The molecule has 0 fully saturated rings. The van der Waals surface area contributed by atoms with Crippen molar-refractivity contribution in [3.8, 4) is 17.2 Å². The molecule has 1 atom stereocenters. The van der Waals surface area contributed by atoms with E-state index in [1.807, 2.05) is 24.3 Å². The molecule has 1 aliphatic rings. The van der Waals surface area contributed by atoms with Gasteiger partial charge in [0.25, 0.3) is 5.91 Å². The number of hydrogen-bond donors (Lipinski definition) is 1. The molecule has 6 rings (SSSR count). The number of rotatable bonds is 11. The summed E-state index contributed by atoms with van der Waals surface area (Å²) in [4.78, 5) is 15.5. The molecule has 5 aromatic carbocycles. The van der Waals surface area contributed by atoms with E-state index in [4.69, 9.17) is 14.2 Å². The molecule has 6 heteroatoms. The van der Waals surface area contributed by atoms with Crippen LogP contribution in [0.2, 0.25) is 0 Å². The second-order valence-electron chi connectivity index (χ2n) is 12.5. The van der Waals surface area contributed by atoms with E-state index in [2.05, 4.69) is 103 Å². The maximum absolute atomic E-state index is 13.0. The molecule has 48 heavy (non-hydrogen) atoms. The van der Waals surface area contributed by atoms with Gasteiger partial charge in [0.1, 0.15) is 5.75 Å². The first-order valence-electron chi connectivity index (χ1n) is 16.5. The van der Waals surface area contributed by atoms with E-state index in [1.54, 1.807) is 21.3 Å². The minimum atomic E-state index is -0.0841. The van der Waals surface area contributed by atoms with Crippen molar-refractivity contribution < 1.29 is 19.0 Å². The van der Waals surface area contributed by atoms with Crippen molar-refractivity contribution in [1.29, 1.82) is 0 Å². The lowest BCUT2D eigenvalue weighted by molar-refractivity contribution is 0.0951. The third kappa shape index (κ3) is 7.09. The van der Waals surface area contributed by atoms with E-state index >= 15 is 0 Å². The largest absolute Gasteiger partial charge is 0.496 e. The highest BCUT2D eigenvalue weighted by molar-refractivity contribution is 5.94. The second-order valence-corrected chi connectivity index (χ2v) is 12.5. The Labute approximate surface area is 284 Å². The zero-order chi connectivity index (χ0) is 33.6. The van der Waals surface area contributed by atoms with Gasteiger partial charge in [0.05, 0.1) is 27.4 Å². The van der Waals surface area contributed by atoms with Gasteiger partial charge in [0.15, 0.2) is 11.5 Å². The van der Waals surface area contributed by atoms with Crippen LogP contribution in [0.25, 0.3) is 0 Å². The van der Waals surface area contributed by atoms with Crippen LogP contribution in [-0.2, 0) is 25.9 Å². The Balaban J connectivity index is 1.09. The summed E-state index contributed by atoms with van der Waals surface area (Å²) in [5.41, 5.74) is 11.4. The van der Waals surface area contributed by atoms with Gasteiger partial charge in [0, 0.05) is 31.6 Å². The highest BCUT2D eigenvalue weighted by Crippen LogP contribution is 2.41. The lowest BCUT2D eigenvalue weighted by atomic mass is 9.87. The molecule has 5 aromatic rings. The molecule has 1 heterocycles. The van der Waals surface area contributed by atoms with Gasteiger partial charge in [-0.1, -0.05) is 78.9 Å². The average molecular weight is 641 g/mol. The van der Waals surface area contributed by atoms with Crippen molar-refractivity contribution in [2.24, 2.45) is 0 Å². The van der Waals surface area contributed by atoms with Crippen LogP contribution in [0.15, 0.2) is 103 Å². The minimum Gasteiger partial charge on any atom is -0.496 e. The van der Waals surface area contributed by atoms with E-state index in [9.17, 15) is 4.79 Å². The summed E-state index contributed by atoms with van der Waals surface area (Å²) in [6.45, 7) is 6.38. The van der Waals surface area contributed by atoms with Crippen molar-refractivity contribution in [2.45, 2.75) is 45.8 Å². The summed E-state index contributed by atoms with van der Waals surface area (Å²) in [6.07, 6.45) is 1.68. The monoisotopic (exact) mass is 640 g/mol. The molecule has 0 radical (unpaired) electrons. The fraction of sp³-hybridized carbons (Fsp3) is 0.262. The summed E-state index contributed by atoms with van der Waals surface area (Å²) in [6, 6.07) is 35.7. The molecule has 6 nitrogen and oxygen atoms in total. The number of nitrogens with zero attached hydrogens (tertiary/aromatic N) is 1. The summed E-state index contributed by atoms with van der Waals surface area (Å²) in [5.74, 6) is 2.37. The fourth-order valence-corrected chi connectivity index (χ4v) is 6.74. The lowest BCUT2D eigenvalue weighted by Gasteiger charge is -2.38. The molecule has 1 unspecified atom stereocenters. The van der Waals surface area contributed by atoms with Crippen LogP contribution in [0.3, 0.4) is 0 Å². The minimum absolute atomic E-state index is 0.0841. The third-order valence-electron chi connectivity index (χ3n) is 9.52. The molecule has 1 aliphatic heterocycles. The van der Waals surface area contributed by atoms with Crippen LogP contribution >= 0.6 is 0 Å². The molecule has 0 spiro atoms. The number of carbonyl (C=O) groups excluding carboxylic acids is 1. The SMILES string of the molecule is COc1cc2c(cc1OC)C(c1ccccc1)N(Cc1ccc(CNC(=O)c3ccc(Cc4ccc(C)c(C)c4OC)cc3)cc1)CC2. The Hall–Kier alpha value is -5.07. The zero-order valence-corrected chi connectivity index (χ0v) is 28.5. The molecular formula is C42H44N2O4. The molecule has 0 saturated carbocycles. The van der Waals surface area contributed by atoms with Gasteiger partial charge in [0.2, 0.25) is 0 Å². The Bertz CT molecular complexity index is 1870. The molecule has 246 valence electrons. The van der Waals surface area contributed by atoms with Gasteiger partial charge < -0.3 is 19.5 Å². The number of ether oxygens (including phenoxy) is 3. The maximum atomic E-state index is 13.0. The standard InChI is InChI=1S/C42H44N2O4/c1-28-11-18-36(41(48-5)29(28)2)23-30-16-19-34(20-17-30)42(45)43-26-31-12-14-32(15-13-31)27-44-22-21-35-24-38(46-3)39(47-4)25-37(35)40(44)33-9-7-6-8-10-33/h6-20,24-25,40H,21-23,26-27H2,1-5H3,(H,43,45). The number of nitrogens with one attached hydrogen (secondary N) is 1. The summed E-state index contributed by atoms with van der Waals surface area (Å²) < 4.78 is 17.0. The van der Waals surface area contributed by atoms with Gasteiger partial charge >= 0.3 is 0 Å². The summed E-state index contributed by atoms with van der Waals surface area (Å²) in [5, 5.41) is 3.09. The molecule has 0 aromatic heterocycles. The highest BCUT2D eigenvalue weighted by atomic mass is 16.5. The second kappa shape index (κ2) is 14.8. The Morgan fingerprint density at radius 1 is 0.771 bits per heavy atom. The van der Waals surface area contributed by atoms with E-state index in [0.29, 0.717) is 12.1 Å². The number of amides is 1. The quantitative estimate of drug-likeness (QED) is 0.159. The van der Waals surface area contributed by atoms with Gasteiger partial charge in [-0.15, -0.1) is 0 Å². The van der Waals surface area contributed by atoms with Gasteiger partial charge in [-0.2, -0.15) is 0 Å². The fourth-order valence-electron chi connectivity index (χ4n) is 6.74. The predicted octanol–water partition coefficient (Wildman–Crippen LogP) is 8.00. The van der Waals surface area contributed by atoms with Crippen LogP contribution < -0.4 is 19.5 Å². The van der Waals surface area contributed by atoms with Crippen molar-refractivity contribution >= 4 is 5.91 Å². The van der Waals surface area contributed by atoms with Crippen molar-refractivity contribution in [2.75, 3.05) is 27.9 Å². The number of aryl methyl sites for hydroxylation is 1. The zero-order valence-electron chi connectivity index (χ0n) is 28.5. The Morgan fingerprint density at radius 3 is 2.12 bits per heavy atom. The molecule has 0 bridgehead atoms. The molecule has 1 N–H and O–H groups in total. The maximum Gasteiger partial charge on any atom is 0.251 e. The van der Waals surface area contributed by atoms with Gasteiger partial charge in [-0.05, 0) is 94.6 Å².